The fraction of sp³-hybridized carbons (Fsp3) is 0.333. The third kappa shape index (κ3) is 5.53. The zero-order valence-electron chi connectivity index (χ0n) is 21.9. The average molecular weight is 541 g/mol. The number of hydrogen-bond donors (Lipinski definition) is 1. The zero-order valence-corrected chi connectivity index (χ0v) is 22.8. The summed E-state index contributed by atoms with van der Waals surface area (Å²) in [5.74, 6) is -0.392. The number of carbonyl (C=O) groups excluding carboxylic acids is 2. The third-order valence-corrected chi connectivity index (χ3v) is 9.66. The molecule has 1 N–H and O–H groups in total. The van der Waals surface area contributed by atoms with Gasteiger partial charge in [-0.05, 0) is 73.1 Å². The van der Waals surface area contributed by atoms with E-state index in [-0.39, 0.29) is 36.3 Å². The predicted octanol–water partition coefficient (Wildman–Crippen LogP) is 7.06. The Labute approximate surface area is 233 Å². The number of carbonyl (C=O) groups is 2. The molecule has 3 unspecified atom stereocenters. The quantitative estimate of drug-likeness (QED) is 0.353. The van der Waals surface area contributed by atoms with E-state index >= 15 is 0 Å². The molecule has 0 aromatic heterocycles. The molecule has 3 aromatic carbocycles. The molecule has 4 nitrogen and oxygen atoms in total. The maximum atomic E-state index is 14.5. The maximum Gasteiger partial charge on any atom is 0.260 e. The van der Waals surface area contributed by atoms with E-state index in [0.717, 1.165) is 50.5 Å². The van der Waals surface area contributed by atoms with Crippen molar-refractivity contribution in [3.8, 4) is 0 Å². The average Bonchev–Trinajstić information content (AvgIpc) is 2.97. The van der Waals surface area contributed by atoms with E-state index in [9.17, 15) is 14.0 Å². The third-order valence-electron chi connectivity index (χ3n) is 8.26. The molecular formula is C33H33FN2O2S. The fourth-order valence-electron chi connectivity index (χ4n) is 6.20. The second kappa shape index (κ2) is 11.4. The Hall–Kier alpha value is -3.38. The van der Waals surface area contributed by atoms with Crippen LogP contribution in [0.5, 0.6) is 0 Å². The van der Waals surface area contributed by atoms with Crippen molar-refractivity contribution in [2.24, 2.45) is 0 Å². The molecule has 1 saturated heterocycles. The van der Waals surface area contributed by atoms with Crippen molar-refractivity contribution >= 4 is 29.7 Å². The lowest BCUT2D eigenvalue weighted by molar-refractivity contribution is -0.130. The Kier molecular flexibility index (Phi) is 7.55. The van der Waals surface area contributed by atoms with Crippen molar-refractivity contribution in [3.63, 3.8) is 0 Å². The van der Waals surface area contributed by atoms with Crippen molar-refractivity contribution in [2.75, 3.05) is 0 Å². The Morgan fingerprint density at radius 2 is 1.72 bits per heavy atom. The molecule has 3 aromatic rings. The summed E-state index contributed by atoms with van der Waals surface area (Å²) < 4.78 is 14.5. The summed E-state index contributed by atoms with van der Waals surface area (Å²) in [6.45, 7) is 0.286. The van der Waals surface area contributed by atoms with Crippen LogP contribution in [0.2, 0.25) is 0 Å². The number of nitrogens with one attached hydrogen (secondary N) is 1. The van der Waals surface area contributed by atoms with Gasteiger partial charge in [0.25, 0.3) is 11.8 Å². The maximum absolute atomic E-state index is 14.5. The van der Waals surface area contributed by atoms with Crippen molar-refractivity contribution in [3.05, 3.63) is 111 Å². The van der Waals surface area contributed by atoms with Crippen molar-refractivity contribution in [2.45, 2.75) is 68.8 Å². The number of hydrogen-bond acceptors (Lipinski definition) is 3. The Morgan fingerprint density at radius 3 is 2.56 bits per heavy atom. The van der Waals surface area contributed by atoms with E-state index in [4.69, 9.17) is 0 Å². The molecule has 2 amide bonds. The molecule has 1 heterocycles. The highest BCUT2D eigenvalue weighted by molar-refractivity contribution is 8.04. The minimum Gasteiger partial charge on any atom is -0.345 e. The molecule has 2 fully saturated rings. The second-order valence-electron chi connectivity index (χ2n) is 10.8. The van der Waals surface area contributed by atoms with Gasteiger partial charge in [-0.2, -0.15) is 0 Å². The fourth-order valence-corrected chi connectivity index (χ4v) is 7.67. The number of rotatable bonds is 5. The van der Waals surface area contributed by atoms with Crippen LogP contribution in [0.25, 0.3) is 6.08 Å². The number of benzene rings is 3. The van der Waals surface area contributed by atoms with Gasteiger partial charge in [0.15, 0.2) is 0 Å². The van der Waals surface area contributed by atoms with Crippen LogP contribution in [-0.2, 0) is 17.8 Å². The van der Waals surface area contributed by atoms with Gasteiger partial charge < -0.3 is 10.2 Å². The van der Waals surface area contributed by atoms with Crippen LogP contribution < -0.4 is 5.32 Å². The molecule has 6 heteroatoms. The normalized spacial score (nSPS) is 23.7. The van der Waals surface area contributed by atoms with E-state index in [1.165, 1.54) is 17.2 Å². The minimum atomic E-state index is -0.271. The largest absolute Gasteiger partial charge is 0.345 e. The minimum absolute atomic E-state index is 0.0318. The summed E-state index contributed by atoms with van der Waals surface area (Å²) >= 11 is 1.66. The van der Waals surface area contributed by atoms with Crippen LogP contribution in [0.3, 0.4) is 0 Å². The van der Waals surface area contributed by atoms with Crippen LogP contribution in [0.15, 0.2) is 77.7 Å². The molecule has 6 rings (SSSR count). The monoisotopic (exact) mass is 540 g/mol. The van der Waals surface area contributed by atoms with E-state index in [0.29, 0.717) is 21.3 Å². The first-order valence-corrected chi connectivity index (χ1v) is 14.9. The second-order valence-corrected chi connectivity index (χ2v) is 12.1. The summed E-state index contributed by atoms with van der Waals surface area (Å²) in [4.78, 5) is 29.3. The van der Waals surface area contributed by atoms with Gasteiger partial charge in [-0.15, -0.1) is 11.8 Å². The number of halogens is 1. The van der Waals surface area contributed by atoms with Crippen molar-refractivity contribution < 1.29 is 14.0 Å². The van der Waals surface area contributed by atoms with Gasteiger partial charge >= 0.3 is 0 Å². The molecule has 0 spiro atoms. The van der Waals surface area contributed by atoms with Crippen LogP contribution in [0, 0.1) is 5.82 Å². The van der Waals surface area contributed by atoms with Gasteiger partial charge in [0.1, 0.15) is 5.82 Å². The van der Waals surface area contributed by atoms with Gasteiger partial charge in [-0.3, -0.25) is 9.59 Å². The highest BCUT2D eigenvalue weighted by Crippen LogP contribution is 2.43. The molecule has 3 aliphatic rings. The summed E-state index contributed by atoms with van der Waals surface area (Å²) in [5, 5.41) is 3.53. The van der Waals surface area contributed by atoms with Gasteiger partial charge in [0.05, 0.1) is 10.9 Å². The summed E-state index contributed by atoms with van der Waals surface area (Å²) in [6.07, 6.45) is 9.24. The first-order chi connectivity index (χ1) is 19.1. The van der Waals surface area contributed by atoms with Gasteiger partial charge in [0, 0.05) is 29.0 Å². The Balaban J connectivity index is 1.19. The molecule has 0 bridgehead atoms. The molecule has 0 radical (unpaired) electrons. The van der Waals surface area contributed by atoms with Crippen molar-refractivity contribution in [1.29, 1.82) is 0 Å². The summed E-state index contributed by atoms with van der Waals surface area (Å²) in [5.41, 5.74) is 4.57. The first kappa shape index (κ1) is 25.9. The van der Waals surface area contributed by atoms with Gasteiger partial charge in [-0.25, -0.2) is 4.39 Å². The molecular weight excluding hydrogens is 507 g/mol. The smallest absolute Gasteiger partial charge is 0.260 e. The Morgan fingerprint density at radius 1 is 0.949 bits per heavy atom. The van der Waals surface area contributed by atoms with Gasteiger partial charge in [0.2, 0.25) is 0 Å². The lowest BCUT2D eigenvalue weighted by Crippen LogP contribution is -2.50. The lowest BCUT2D eigenvalue weighted by Gasteiger charge is -2.44. The van der Waals surface area contributed by atoms with E-state index in [1.807, 2.05) is 47.4 Å². The lowest BCUT2D eigenvalue weighted by atomic mass is 9.87. The molecule has 39 heavy (non-hydrogen) atoms. The molecule has 2 aliphatic carbocycles. The number of aryl methyl sites for hydroxylation is 1. The van der Waals surface area contributed by atoms with Crippen LogP contribution in [0.1, 0.15) is 77.2 Å². The van der Waals surface area contributed by atoms with E-state index < -0.39 is 0 Å². The zero-order chi connectivity index (χ0) is 26.8. The van der Waals surface area contributed by atoms with Crippen LogP contribution in [0.4, 0.5) is 4.39 Å². The number of amides is 2. The highest BCUT2D eigenvalue weighted by atomic mass is 32.2. The standard InChI is InChI=1S/C33H33FN2O2S/c34-27-12-4-2-9-25(27)21-36-29-14-5-6-15-30(29)39-31(33(36)38)20-22-16-18-24(19-17-22)32(37)35-28-13-7-10-23-8-1-3-11-26(23)28/h1-4,8-9,11-12,16-20,28-30H,5-7,10,13-15,21H2,(H,35,37)/b31-20-. The topological polar surface area (TPSA) is 49.4 Å². The first-order valence-electron chi connectivity index (χ1n) is 14.0. The van der Waals surface area contributed by atoms with Crippen molar-refractivity contribution in [1.82, 2.24) is 10.2 Å². The number of thioether (sulfide) groups is 1. The summed E-state index contributed by atoms with van der Waals surface area (Å²) in [7, 11) is 0. The van der Waals surface area contributed by atoms with Crippen LogP contribution >= 0.6 is 11.8 Å². The number of fused-ring (bicyclic) bond motifs is 2. The molecule has 1 aliphatic heterocycles. The molecule has 3 atom stereocenters. The van der Waals surface area contributed by atoms with E-state index in [1.54, 1.807) is 23.9 Å². The molecule has 1 saturated carbocycles. The predicted molar refractivity (Wildman–Crippen MR) is 155 cm³/mol. The highest BCUT2D eigenvalue weighted by Gasteiger charge is 2.40. The Bertz CT molecular complexity index is 1400. The summed E-state index contributed by atoms with van der Waals surface area (Å²) in [6, 6.07) is 22.7. The van der Waals surface area contributed by atoms with Crippen LogP contribution in [-0.4, -0.2) is 28.0 Å². The number of nitrogens with zero attached hydrogens (tertiary/aromatic N) is 1. The van der Waals surface area contributed by atoms with E-state index in [2.05, 4.69) is 23.5 Å². The molecule has 200 valence electrons. The SMILES string of the molecule is O=C(NC1CCCc2ccccc21)c1ccc(/C=C2\SC3CCCCC3N(Cc3ccccc3F)C2=O)cc1. The van der Waals surface area contributed by atoms with Gasteiger partial charge in [-0.1, -0.05) is 67.4 Å².